The lowest BCUT2D eigenvalue weighted by Crippen LogP contribution is -2.36. The van der Waals surface area contributed by atoms with Crippen molar-refractivity contribution in [2.24, 2.45) is 0 Å². The number of nitrogens with zero attached hydrogens (tertiary/aromatic N) is 2. The van der Waals surface area contributed by atoms with Crippen LogP contribution in [0.2, 0.25) is 0 Å². The van der Waals surface area contributed by atoms with Crippen LogP contribution in [0, 0.1) is 17.0 Å². The molecule has 1 fully saturated rings. The number of nitro groups is 1. The van der Waals surface area contributed by atoms with E-state index in [2.05, 4.69) is 20.7 Å². The number of sulfonamides is 1. The van der Waals surface area contributed by atoms with E-state index in [-0.39, 0.29) is 33.3 Å². The van der Waals surface area contributed by atoms with Crippen molar-refractivity contribution in [3.63, 3.8) is 0 Å². The van der Waals surface area contributed by atoms with Gasteiger partial charge in [-0.3, -0.25) is 19.6 Å². The molecule has 0 aromatic heterocycles. The van der Waals surface area contributed by atoms with Crippen LogP contribution in [-0.2, 0) is 10.0 Å². The second kappa shape index (κ2) is 8.50. The molecule has 0 saturated carbocycles. The first-order valence-corrected chi connectivity index (χ1v) is 11.3. The molecule has 0 spiro atoms. The molecule has 1 saturated heterocycles. The van der Waals surface area contributed by atoms with Crippen LogP contribution in [0.5, 0.6) is 0 Å². The molecule has 1 aliphatic heterocycles. The normalized spacial score (nSPS) is 14.5. The number of halogens is 1. The Bertz CT molecular complexity index is 1070. The van der Waals surface area contributed by atoms with Gasteiger partial charge >= 0.3 is 0 Å². The zero-order valence-corrected chi connectivity index (χ0v) is 18.1. The maximum atomic E-state index is 13.0. The molecule has 0 unspecified atom stereocenters. The van der Waals surface area contributed by atoms with Crippen molar-refractivity contribution in [3.05, 3.63) is 62.1 Å². The summed E-state index contributed by atoms with van der Waals surface area (Å²) in [5, 5.41) is 11.2. The number of hydrogen-bond acceptors (Lipinski definition) is 5. The van der Waals surface area contributed by atoms with E-state index >= 15 is 0 Å². The van der Waals surface area contributed by atoms with E-state index in [1.165, 1.54) is 31.2 Å². The molecule has 154 valence electrons. The Morgan fingerprint density at radius 1 is 1.17 bits per heavy atom. The first-order valence-electron chi connectivity index (χ1n) is 9.06. The lowest BCUT2D eigenvalue weighted by atomic mass is 10.1. The third-order valence-corrected chi connectivity index (χ3v) is 6.84. The van der Waals surface area contributed by atoms with Gasteiger partial charge in [0.15, 0.2) is 0 Å². The molecule has 10 heteroatoms. The third-order valence-electron chi connectivity index (χ3n) is 4.84. The van der Waals surface area contributed by atoms with Crippen molar-refractivity contribution < 1.29 is 18.1 Å². The Morgan fingerprint density at radius 2 is 1.86 bits per heavy atom. The molecule has 1 amide bonds. The van der Waals surface area contributed by atoms with Gasteiger partial charge in [-0.15, -0.1) is 0 Å². The molecular formula is C19H20BrN3O5S. The molecule has 0 atom stereocenters. The number of nitrogens with one attached hydrogen (secondary N) is 1. The summed E-state index contributed by atoms with van der Waals surface area (Å²) in [6, 6.07) is 8.63. The molecule has 1 N–H and O–H groups in total. The number of hydrogen-bond donors (Lipinski definition) is 1. The highest BCUT2D eigenvalue weighted by atomic mass is 79.9. The van der Waals surface area contributed by atoms with Crippen LogP contribution in [0.4, 0.5) is 11.4 Å². The van der Waals surface area contributed by atoms with E-state index in [1.807, 2.05) is 0 Å². The van der Waals surface area contributed by atoms with Crippen LogP contribution in [0.25, 0.3) is 0 Å². The molecule has 0 bridgehead atoms. The van der Waals surface area contributed by atoms with Gasteiger partial charge in [0, 0.05) is 29.2 Å². The van der Waals surface area contributed by atoms with E-state index in [4.69, 9.17) is 0 Å². The van der Waals surface area contributed by atoms with Crippen molar-refractivity contribution in [1.82, 2.24) is 4.90 Å². The number of nitro benzene ring substituents is 1. The van der Waals surface area contributed by atoms with Gasteiger partial charge in [0.1, 0.15) is 0 Å². The van der Waals surface area contributed by atoms with Crippen molar-refractivity contribution in [1.29, 1.82) is 0 Å². The zero-order valence-electron chi connectivity index (χ0n) is 15.7. The summed E-state index contributed by atoms with van der Waals surface area (Å²) < 4.78 is 29.0. The molecule has 0 aliphatic carbocycles. The minimum Gasteiger partial charge on any atom is -0.339 e. The summed E-state index contributed by atoms with van der Waals surface area (Å²) in [7, 11) is -4.15. The molecular weight excluding hydrogens is 462 g/mol. The topological polar surface area (TPSA) is 110 Å². The third kappa shape index (κ3) is 4.59. The number of amides is 1. The van der Waals surface area contributed by atoms with E-state index in [0.717, 1.165) is 19.3 Å². The van der Waals surface area contributed by atoms with Crippen LogP contribution >= 0.6 is 15.9 Å². The summed E-state index contributed by atoms with van der Waals surface area (Å²) >= 11 is 3.30. The van der Waals surface area contributed by atoms with Gasteiger partial charge in [-0.25, -0.2) is 8.42 Å². The zero-order chi connectivity index (χ0) is 21.2. The number of rotatable bonds is 5. The Morgan fingerprint density at radius 3 is 2.52 bits per heavy atom. The van der Waals surface area contributed by atoms with Gasteiger partial charge in [-0.2, -0.15) is 0 Å². The predicted molar refractivity (Wildman–Crippen MR) is 113 cm³/mol. The summed E-state index contributed by atoms with van der Waals surface area (Å²) in [6.07, 6.45) is 2.89. The summed E-state index contributed by atoms with van der Waals surface area (Å²) in [5.41, 5.74) is 0.109. The number of benzene rings is 2. The smallest absolute Gasteiger partial charge is 0.273 e. The summed E-state index contributed by atoms with van der Waals surface area (Å²) in [5.74, 6) is -0.245. The molecule has 3 rings (SSSR count). The van der Waals surface area contributed by atoms with Crippen molar-refractivity contribution in [2.75, 3.05) is 17.8 Å². The standard InChI is InChI=1S/C19H20BrN3O5S/c1-13-17(23(25)26)6-5-7-18(13)29(27,28)21-16-12-14(20)8-9-15(16)19(24)22-10-3-2-4-11-22/h5-9,12,21H,2-4,10-11H2,1H3. The van der Waals surface area contributed by atoms with Crippen molar-refractivity contribution in [2.45, 2.75) is 31.1 Å². The first-order chi connectivity index (χ1) is 13.7. The fourth-order valence-corrected chi connectivity index (χ4v) is 5.04. The molecule has 29 heavy (non-hydrogen) atoms. The Labute approximate surface area is 177 Å². The Hall–Kier alpha value is -2.46. The van der Waals surface area contributed by atoms with Gasteiger partial charge in [-0.05, 0) is 50.5 Å². The number of carbonyl (C=O) groups is 1. The van der Waals surface area contributed by atoms with E-state index in [0.29, 0.717) is 17.6 Å². The largest absolute Gasteiger partial charge is 0.339 e. The summed E-state index contributed by atoms with van der Waals surface area (Å²) in [6.45, 7) is 2.64. The Balaban J connectivity index is 1.99. The number of likely N-dealkylation sites (tertiary alicyclic amines) is 1. The highest BCUT2D eigenvalue weighted by molar-refractivity contribution is 9.10. The number of carbonyl (C=O) groups excluding carboxylic acids is 1. The first kappa shape index (κ1) is 21.3. The van der Waals surface area contributed by atoms with E-state index in [1.54, 1.807) is 17.0 Å². The molecule has 1 heterocycles. The molecule has 0 radical (unpaired) electrons. The van der Waals surface area contributed by atoms with Crippen LogP contribution in [0.15, 0.2) is 45.8 Å². The minimum absolute atomic E-state index is 0.0314. The minimum atomic E-state index is -4.15. The lowest BCUT2D eigenvalue weighted by molar-refractivity contribution is -0.385. The predicted octanol–water partition coefficient (Wildman–Crippen LogP) is 4.09. The number of piperidine rings is 1. The molecule has 2 aromatic rings. The molecule has 8 nitrogen and oxygen atoms in total. The monoisotopic (exact) mass is 481 g/mol. The van der Waals surface area contributed by atoms with Gasteiger partial charge in [-0.1, -0.05) is 22.0 Å². The van der Waals surface area contributed by atoms with Crippen LogP contribution in [0.3, 0.4) is 0 Å². The quantitative estimate of drug-likeness (QED) is 0.510. The summed E-state index contributed by atoms with van der Waals surface area (Å²) in [4.78, 5) is 25.0. The average molecular weight is 482 g/mol. The molecule has 2 aromatic carbocycles. The average Bonchev–Trinajstić information content (AvgIpc) is 2.68. The highest BCUT2D eigenvalue weighted by Crippen LogP contribution is 2.29. The van der Waals surface area contributed by atoms with E-state index in [9.17, 15) is 23.3 Å². The van der Waals surface area contributed by atoms with Crippen molar-refractivity contribution >= 4 is 43.2 Å². The van der Waals surface area contributed by atoms with Gasteiger partial charge in [0.2, 0.25) is 0 Å². The maximum Gasteiger partial charge on any atom is 0.273 e. The van der Waals surface area contributed by atoms with E-state index < -0.39 is 14.9 Å². The van der Waals surface area contributed by atoms with Crippen molar-refractivity contribution in [3.8, 4) is 0 Å². The lowest BCUT2D eigenvalue weighted by Gasteiger charge is -2.27. The SMILES string of the molecule is Cc1c([N+](=O)[O-])cccc1S(=O)(=O)Nc1cc(Br)ccc1C(=O)N1CCCCC1. The van der Waals surface area contributed by atoms with Crippen LogP contribution < -0.4 is 4.72 Å². The fraction of sp³-hybridized carbons (Fsp3) is 0.316. The van der Waals surface area contributed by atoms with Crippen LogP contribution in [-0.4, -0.2) is 37.2 Å². The van der Waals surface area contributed by atoms with Gasteiger partial charge in [0.25, 0.3) is 21.6 Å². The maximum absolute atomic E-state index is 13.0. The fourth-order valence-electron chi connectivity index (χ4n) is 3.35. The second-order valence-corrected chi connectivity index (χ2v) is 9.37. The molecule has 1 aliphatic rings. The number of anilines is 1. The Kier molecular flexibility index (Phi) is 6.23. The van der Waals surface area contributed by atoms with Gasteiger partial charge in [0.05, 0.1) is 21.1 Å². The van der Waals surface area contributed by atoms with Crippen LogP contribution in [0.1, 0.15) is 35.2 Å². The van der Waals surface area contributed by atoms with Gasteiger partial charge < -0.3 is 4.90 Å². The highest BCUT2D eigenvalue weighted by Gasteiger charge is 2.26. The second-order valence-electron chi connectivity index (χ2n) is 6.81.